The van der Waals surface area contributed by atoms with Crippen molar-refractivity contribution in [3.8, 4) is 28.2 Å². The summed E-state index contributed by atoms with van der Waals surface area (Å²) in [5, 5.41) is 15.1. The smallest absolute Gasteiger partial charge is 0.271 e. The van der Waals surface area contributed by atoms with E-state index in [0.29, 0.717) is 0 Å². The molecule has 0 aliphatic heterocycles. The maximum absolute atomic E-state index is 12.6. The Balaban J connectivity index is 1.58. The molecular formula is C30H21BrN4O3. The van der Waals surface area contributed by atoms with E-state index in [4.69, 9.17) is 0 Å². The monoisotopic (exact) mass is 564 g/mol. The minimum absolute atomic E-state index is 0.0831. The Morgan fingerprint density at radius 2 is 1.45 bits per heavy atom. The second kappa shape index (κ2) is 11.1. The fourth-order valence-electron chi connectivity index (χ4n) is 4.16. The second-order valence-electron chi connectivity index (χ2n) is 8.38. The summed E-state index contributed by atoms with van der Waals surface area (Å²) in [7, 11) is 0. The summed E-state index contributed by atoms with van der Waals surface area (Å²) in [5.74, 6) is -0.465. The minimum atomic E-state index is -0.509. The lowest BCUT2D eigenvalue weighted by molar-refractivity contribution is -0.384. The number of carbonyl (C=O) groups excluding carboxylic acids is 1. The van der Waals surface area contributed by atoms with Crippen LogP contribution >= 0.6 is 15.9 Å². The number of carbonyl (C=O) groups is 1. The molecule has 0 aliphatic rings. The molecule has 0 saturated carbocycles. The van der Waals surface area contributed by atoms with Crippen molar-refractivity contribution in [3.63, 3.8) is 0 Å². The number of nitrogens with zero attached hydrogens (tertiary/aromatic N) is 3. The van der Waals surface area contributed by atoms with Gasteiger partial charge in [0.1, 0.15) is 0 Å². The van der Waals surface area contributed by atoms with Crippen molar-refractivity contribution >= 4 is 33.7 Å². The zero-order chi connectivity index (χ0) is 26.5. The van der Waals surface area contributed by atoms with Crippen molar-refractivity contribution < 1.29 is 9.72 Å². The van der Waals surface area contributed by atoms with Crippen LogP contribution < -0.4 is 5.43 Å². The average molecular weight is 565 g/mol. The largest absolute Gasteiger partial charge is 0.309 e. The number of nitrogens with one attached hydrogen (secondary N) is 1. The average Bonchev–Trinajstić information content (AvgIpc) is 3.33. The molecule has 0 radical (unpaired) electrons. The van der Waals surface area contributed by atoms with Gasteiger partial charge in [0.2, 0.25) is 0 Å². The van der Waals surface area contributed by atoms with Gasteiger partial charge in [0, 0.05) is 33.4 Å². The fourth-order valence-corrected chi connectivity index (χ4v) is 4.42. The van der Waals surface area contributed by atoms with Crippen LogP contribution in [-0.2, 0) is 0 Å². The Bertz CT molecular complexity index is 1610. The molecule has 7 nitrogen and oxygen atoms in total. The molecule has 0 bridgehead atoms. The molecule has 186 valence electrons. The van der Waals surface area contributed by atoms with Crippen molar-refractivity contribution in [3.05, 3.63) is 141 Å². The zero-order valence-electron chi connectivity index (χ0n) is 20.0. The summed E-state index contributed by atoms with van der Waals surface area (Å²) >= 11 is 3.52. The van der Waals surface area contributed by atoms with Crippen molar-refractivity contribution in [1.82, 2.24) is 9.99 Å². The standard InChI is InChI=1S/C30H21BrN4O3/c31-25-13-17-26(18-14-25)34-28(21-7-3-1-4-8-21)19-24(29(34)22-9-5-2-6-10-22)20-32-33-30(36)23-11-15-27(16-12-23)35(37)38/h1-20H,(H,33,36)/b32-20+. The number of aromatic nitrogens is 1. The first kappa shape index (κ1) is 24.9. The van der Waals surface area contributed by atoms with Gasteiger partial charge in [-0.15, -0.1) is 0 Å². The summed E-state index contributed by atoms with van der Waals surface area (Å²) in [4.78, 5) is 23.0. The van der Waals surface area contributed by atoms with E-state index in [0.717, 1.165) is 38.2 Å². The topological polar surface area (TPSA) is 89.5 Å². The first-order valence-corrected chi connectivity index (χ1v) is 12.5. The number of nitro benzene ring substituents is 1. The number of nitro groups is 1. The van der Waals surface area contributed by atoms with Gasteiger partial charge >= 0.3 is 0 Å². The molecule has 1 heterocycles. The molecule has 0 unspecified atom stereocenters. The van der Waals surface area contributed by atoms with Gasteiger partial charge in [-0.1, -0.05) is 76.6 Å². The SMILES string of the molecule is O=C(N/N=C/c1cc(-c2ccccc2)n(-c2ccc(Br)cc2)c1-c1ccccc1)c1ccc([N+](=O)[O-])cc1. The molecule has 5 aromatic rings. The number of rotatable bonds is 7. The van der Waals surface area contributed by atoms with Crippen LogP contribution in [0.25, 0.3) is 28.2 Å². The van der Waals surface area contributed by atoms with Gasteiger partial charge in [0.25, 0.3) is 11.6 Å². The third-order valence-electron chi connectivity index (χ3n) is 5.94. The Kier molecular flexibility index (Phi) is 7.24. The summed E-state index contributed by atoms with van der Waals surface area (Å²) < 4.78 is 3.16. The molecule has 8 heteroatoms. The van der Waals surface area contributed by atoms with Crippen LogP contribution in [0.2, 0.25) is 0 Å². The van der Waals surface area contributed by atoms with Crippen molar-refractivity contribution in [2.75, 3.05) is 0 Å². The van der Waals surface area contributed by atoms with Crippen LogP contribution in [0.3, 0.4) is 0 Å². The van der Waals surface area contributed by atoms with Crippen LogP contribution in [0, 0.1) is 10.1 Å². The Labute approximate surface area is 227 Å². The Morgan fingerprint density at radius 1 is 0.842 bits per heavy atom. The van der Waals surface area contributed by atoms with Gasteiger partial charge in [-0.05, 0) is 53.6 Å². The predicted molar refractivity (Wildman–Crippen MR) is 152 cm³/mol. The van der Waals surface area contributed by atoms with Gasteiger partial charge in [-0.2, -0.15) is 5.10 Å². The highest BCUT2D eigenvalue weighted by atomic mass is 79.9. The quantitative estimate of drug-likeness (QED) is 0.128. The molecule has 0 aliphatic carbocycles. The third-order valence-corrected chi connectivity index (χ3v) is 6.47. The summed E-state index contributed by atoms with van der Waals surface area (Å²) in [6.45, 7) is 0. The lowest BCUT2D eigenvalue weighted by Gasteiger charge is -2.15. The minimum Gasteiger partial charge on any atom is -0.309 e. The molecule has 1 N–H and O–H groups in total. The maximum atomic E-state index is 12.6. The van der Waals surface area contributed by atoms with E-state index in [1.54, 1.807) is 6.21 Å². The first-order valence-electron chi connectivity index (χ1n) is 11.7. The van der Waals surface area contributed by atoms with Crippen LogP contribution in [0.15, 0.2) is 125 Å². The van der Waals surface area contributed by atoms with Crippen LogP contribution in [0.5, 0.6) is 0 Å². The normalized spacial score (nSPS) is 11.0. The fraction of sp³-hybridized carbons (Fsp3) is 0. The number of benzene rings is 4. The third kappa shape index (κ3) is 5.30. The van der Waals surface area contributed by atoms with E-state index >= 15 is 0 Å². The van der Waals surface area contributed by atoms with E-state index in [2.05, 4.69) is 43.2 Å². The van der Waals surface area contributed by atoms with Gasteiger partial charge in [0.15, 0.2) is 0 Å². The van der Waals surface area contributed by atoms with Crippen LogP contribution in [0.1, 0.15) is 15.9 Å². The van der Waals surface area contributed by atoms with E-state index in [1.807, 2.05) is 78.9 Å². The first-order chi connectivity index (χ1) is 18.5. The summed E-state index contributed by atoms with van der Waals surface area (Å²) in [6, 6.07) is 35.6. The molecule has 0 saturated heterocycles. The van der Waals surface area contributed by atoms with E-state index < -0.39 is 10.8 Å². The molecule has 0 spiro atoms. The number of hydrazone groups is 1. The predicted octanol–water partition coefficient (Wildman–Crippen LogP) is 7.25. The Hall–Kier alpha value is -4.82. The second-order valence-corrected chi connectivity index (χ2v) is 9.30. The number of hydrogen-bond donors (Lipinski definition) is 1. The molecule has 5 rings (SSSR count). The highest BCUT2D eigenvalue weighted by molar-refractivity contribution is 9.10. The lowest BCUT2D eigenvalue weighted by Crippen LogP contribution is -2.17. The number of hydrogen-bond acceptors (Lipinski definition) is 4. The molecule has 4 aromatic carbocycles. The highest BCUT2D eigenvalue weighted by Gasteiger charge is 2.19. The lowest BCUT2D eigenvalue weighted by atomic mass is 10.1. The van der Waals surface area contributed by atoms with E-state index in [9.17, 15) is 14.9 Å². The van der Waals surface area contributed by atoms with Crippen molar-refractivity contribution in [1.29, 1.82) is 0 Å². The number of non-ortho nitro benzene ring substituents is 1. The zero-order valence-corrected chi connectivity index (χ0v) is 21.6. The van der Waals surface area contributed by atoms with Crippen molar-refractivity contribution in [2.45, 2.75) is 0 Å². The van der Waals surface area contributed by atoms with Gasteiger partial charge in [-0.3, -0.25) is 14.9 Å². The van der Waals surface area contributed by atoms with Crippen LogP contribution in [0.4, 0.5) is 5.69 Å². The summed E-state index contributed by atoms with van der Waals surface area (Å²) in [6.07, 6.45) is 1.62. The molecule has 1 aromatic heterocycles. The molecule has 38 heavy (non-hydrogen) atoms. The molecule has 0 atom stereocenters. The molecule has 1 amide bonds. The molecular weight excluding hydrogens is 544 g/mol. The van der Waals surface area contributed by atoms with Crippen LogP contribution in [-0.4, -0.2) is 21.6 Å². The highest BCUT2D eigenvalue weighted by Crippen LogP contribution is 2.35. The maximum Gasteiger partial charge on any atom is 0.271 e. The number of halogens is 1. The van der Waals surface area contributed by atoms with E-state index in [1.165, 1.54) is 24.3 Å². The van der Waals surface area contributed by atoms with Gasteiger partial charge < -0.3 is 4.57 Å². The summed E-state index contributed by atoms with van der Waals surface area (Å²) in [5.41, 5.74) is 8.41. The van der Waals surface area contributed by atoms with E-state index in [-0.39, 0.29) is 11.3 Å². The Morgan fingerprint density at radius 3 is 2.05 bits per heavy atom. The van der Waals surface area contributed by atoms with Gasteiger partial charge in [0.05, 0.1) is 22.5 Å². The number of amides is 1. The van der Waals surface area contributed by atoms with Crippen molar-refractivity contribution in [2.24, 2.45) is 5.10 Å². The molecule has 0 fully saturated rings. The van der Waals surface area contributed by atoms with Gasteiger partial charge in [-0.25, -0.2) is 5.43 Å².